The first kappa shape index (κ1) is 19.4. The van der Waals surface area contributed by atoms with Crippen molar-refractivity contribution in [1.82, 2.24) is 4.72 Å². The molecule has 1 atom stereocenters. The average Bonchev–Trinajstić information content (AvgIpc) is 2.87. The van der Waals surface area contributed by atoms with Gasteiger partial charge in [-0.1, -0.05) is 0 Å². The molecule has 0 aliphatic heterocycles. The molecule has 2 N–H and O–H groups in total. The van der Waals surface area contributed by atoms with Gasteiger partial charge in [-0.25, -0.2) is 17.5 Å². The van der Waals surface area contributed by atoms with Crippen molar-refractivity contribution in [2.24, 2.45) is 0 Å². The summed E-state index contributed by atoms with van der Waals surface area (Å²) in [5, 5.41) is 10.2. The molecule has 0 amide bonds. The Morgan fingerprint density at radius 3 is 2.60 bits per heavy atom. The second-order valence-corrected chi connectivity index (χ2v) is 7.36. The van der Waals surface area contributed by atoms with E-state index in [2.05, 4.69) is 4.72 Å². The molecule has 0 saturated carbocycles. The highest BCUT2D eigenvalue weighted by Gasteiger charge is 2.19. The Bertz CT molecular complexity index is 832. The fourth-order valence-corrected chi connectivity index (χ4v) is 3.53. The largest absolute Gasteiger partial charge is 0.491 e. The van der Waals surface area contributed by atoms with Gasteiger partial charge in [-0.15, -0.1) is 0 Å². The Labute approximate surface area is 146 Å². The molecule has 25 heavy (non-hydrogen) atoms. The van der Waals surface area contributed by atoms with Gasteiger partial charge in [0.1, 0.15) is 11.5 Å². The van der Waals surface area contributed by atoms with Gasteiger partial charge in [0.2, 0.25) is 10.0 Å². The second-order valence-electron chi connectivity index (χ2n) is 5.60. The van der Waals surface area contributed by atoms with Gasteiger partial charge in [0.15, 0.2) is 11.6 Å². The number of sulfonamides is 1. The number of rotatable bonds is 8. The number of ether oxygens (including phenoxy) is 1. The molecule has 2 rings (SSSR count). The fourth-order valence-electron chi connectivity index (χ4n) is 2.47. The van der Waals surface area contributed by atoms with Crippen molar-refractivity contribution >= 4 is 10.0 Å². The molecule has 0 fully saturated rings. The van der Waals surface area contributed by atoms with Crippen LogP contribution in [0.5, 0.6) is 5.75 Å². The Morgan fingerprint density at radius 1 is 1.32 bits per heavy atom. The number of halogens is 1. The zero-order chi connectivity index (χ0) is 18.6. The van der Waals surface area contributed by atoms with E-state index in [9.17, 15) is 17.9 Å². The fraction of sp³-hybridized carbons (Fsp3) is 0.412. The number of furan rings is 1. The Kier molecular flexibility index (Phi) is 6.21. The van der Waals surface area contributed by atoms with Crippen LogP contribution >= 0.6 is 0 Å². The maximum atomic E-state index is 13.8. The number of benzene rings is 1. The smallest absolute Gasteiger partial charge is 0.240 e. The van der Waals surface area contributed by atoms with Crippen LogP contribution in [0.2, 0.25) is 0 Å². The minimum absolute atomic E-state index is 0.00198. The van der Waals surface area contributed by atoms with E-state index in [0.29, 0.717) is 17.1 Å². The van der Waals surface area contributed by atoms with Crippen LogP contribution in [-0.4, -0.2) is 26.7 Å². The standard InChI is InChI=1S/C17H22FNO5S/c1-4-23-17-6-5-13(10-15(17)18)25(21,22)19-8-7-16(20)14-9-11(2)24-12(14)3/h5-6,9-10,16,19-20H,4,7-8H2,1-3H3/t16-/m1/s1. The van der Waals surface area contributed by atoms with Gasteiger partial charge in [-0.05, 0) is 51.5 Å². The van der Waals surface area contributed by atoms with Crippen molar-refractivity contribution in [3.63, 3.8) is 0 Å². The van der Waals surface area contributed by atoms with Gasteiger partial charge < -0.3 is 14.3 Å². The lowest BCUT2D eigenvalue weighted by molar-refractivity contribution is 0.167. The minimum atomic E-state index is -3.88. The van der Waals surface area contributed by atoms with Crippen molar-refractivity contribution < 1.29 is 27.1 Å². The van der Waals surface area contributed by atoms with Crippen LogP contribution in [0.3, 0.4) is 0 Å². The highest BCUT2D eigenvalue weighted by atomic mass is 32.2. The lowest BCUT2D eigenvalue weighted by atomic mass is 10.1. The topological polar surface area (TPSA) is 88.8 Å². The van der Waals surface area contributed by atoms with Crippen molar-refractivity contribution in [3.8, 4) is 5.75 Å². The van der Waals surface area contributed by atoms with Crippen LogP contribution in [0.25, 0.3) is 0 Å². The molecule has 1 aromatic carbocycles. The molecule has 0 unspecified atom stereocenters. The normalized spacial score (nSPS) is 13.0. The average molecular weight is 371 g/mol. The summed E-state index contributed by atoms with van der Waals surface area (Å²) in [6, 6.07) is 5.18. The van der Waals surface area contributed by atoms with Crippen molar-refractivity contribution in [2.45, 2.75) is 38.2 Å². The zero-order valence-corrected chi connectivity index (χ0v) is 15.2. The molecule has 0 spiro atoms. The van der Waals surface area contributed by atoms with Crippen molar-refractivity contribution in [2.75, 3.05) is 13.2 Å². The lowest BCUT2D eigenvalue weighted by Gasteiger charge is -2.12. The summed E-state index contributed by atoms with van der Waals surface area (Å²) in [7, 11) is -3.88. The van der Waals surface area contributed by atoms with E-state index >= 15 is 0 Å². The predicted molar refractivity (Wildman–Crippen MR) is 90.5 cm³/mol. The van der Waals surface area contributed by atoms with Crippen LogP contribution in [0.15, 0.2) is 33.6 Å². The van der Waals surface area contributed by atoms with Gasteiger partial charge in [-0.3, -0.25) is 0 Å². The molecule has 138 valence electrons. The molecule has 0 bridgehead atoms. The maximum absolute atomic E-state index is 13.8. The van der Waals surface area contributed by atoms with E-state index < -0.39 is 21.9 Å². The number of aryl methyl sites for hydroxylation is 2. The van der Waals surface area contributed by atoms with E-state index in [1.807, 2.05) is 0 Å². The molecule has 0 radical (unpaired) electrons. The number of nitrogens with one attached hydrogen (secondary N) is 1. The summed E-state index contributed by atoms with van der Waals surface area (Å²) in [6.07, 6.45) is -0.685. The monoisotopic (exact) mass is 371 g/mol. The molecule has 6 nitrogen and oxygen atoms in total. The number of aliphatic hydroxyl groups is 1. The minimum Gasteiger partial charge on any atom is -0.491 e. The van der Waals surface area contributed by atoms with Crippen molar-refractivity contribution in [3.05, 3.63) is 47.2 Å². The Hall–Kier alpha value is -1.90. The molecule has 1 heterocycles. The van der Waals surface area contributed by atoms with Gasteiger partial charge in [0.25, 0.3) is 0 Å². The molecule has 0 aliphatic carbocycles. The molecule has 2 aromatic rings. The predicted octanol–water partition coefficient (Wildman–Crippen LogP) is 2.84. The Morgan fingerprint density at radius 2 is 2.04 bits per heavy atom. The SMILES string of the molecule is CCOc1ccc(S(=O)(=O)NCC[C@@H](O)c2cc(C)oc2C)cc1F. The number of hydrogen-bond acceptors (Lipinski definition) is 5. The third-order valence-electron chi connectivity index (χ3n) is 3.66. The van der Waals surface area contributed by atoms with E-state index in [4.69, 9.17) is 9.15 Å². The van der Waals surface area contributed by atoms with E-state index in [1.165, 1.54) is 12.1 Å². The summed E-state index contributed by atoms with van der Waals surface area (Å²) in [6.45, 7) is 5.50. The summed E-state index contributed by atoms with van der Waals surface area (Å²) in [4.78, 5) is -0.196. The molecule has 0 aliphatic rings. The van der Waals surface area contributed by atoms with E-state index in [0.717, 1.165) is 6.07 Å². The quantitative estimate of drug-likeness (QED) is 0.745. The van der Waals surface area contributed by atoms with Crippen LogP contribution in [0.4, 0.5) is 4.39 Å². The zero-order valence-electron chi connectivity index (χ0n) is 14.4. The van der Waals surface area contributed by atoms with E-state index in [-0.39, 0.29) is 30.2 Å². The second kappa shape index (κ2) is 7.99. The first-order valence-electron chi connectivity index (χ1n) is 7.91. The first-order valence-corrected chi connectivity index (χ1v) is 9.40. The highest BCUT2D eigenvalue weighted by molar-refractivity contribution is 7.89. The summed E-state index contributed by atoms with van der Waals surface area (Å²) in [5.74, 6) is 0.537. The summed E-state index contributed by atoms with van der Waals surface area (Å²) >= 11 is 0. The van der Waals surface area contributed by atoms with E-state index in [1.54, 1.807) is 26.8 Å². The molecular formula is C17H22FNO5S. The highest BCUT2D eigenvalue weighted by Crippen LogP contribution is 2.24. The summed E-state index contributed by atoms with van der Waals surface area (Å²) < 4.78 is 51.0. The van der Waals surface area contributed by atoms with Gasteiger partial charge in [0, 0.05) is 12.1 Å². The van der Waals surface area contributed by atoms with Crippen molar-refractivity contribution in [1.29, 1.82) is 0 Å². The third-order valence-corrected chi connectivity index (χ3v) is 5.12. The first-order chi connectivity index (χ1) is 11.7. The van der Waals surface area contributed by atoms with Crippen LogP contribution in [-0.2, 0) is 10.0 Å². The number of aliphatic hydroxyl groups excluding tert-OH is 1. The van der Waals surface area contributed by atoms with Gasteiger partial charge >= 0.3 is 0 Å². The van der Waals surface area contributed by atoms with Crippen LogP contribution in [0, 0.1) is 19.7 Å². The Balaban J connectivity index is 1.99. The van der Waals surface area contributed by atoms with Crippen LogP contribution in [0.1, 0.15) is 36.5 Å². The number of hydrogen-bond donors (Lipinski definition) is 2. The lowest BCUT2D eigenvalue weighted by Crippen LogP contribution is -2.26. The maximum Gasteiger partial charge on any atom is 0.240 e. The third kappa shape index (κ3) is 4.81. The molecule has 1 aromatic heterocycles. The van der Waals surface area contributed by atoms with Gasteiger partial charge in [-0.2, -0.15) is 0 Å². The molecular weight excluding hydrogens is 349 g/mol. The molecule has 8 heteroatoms. The molecule has 0 saturated heterocycles. The van der Waals surface area contributed by atoms with Gasteiger partial charge in [0.05, 0.1) is 17.6 Å². The summed E-state index contributed by atoms with van der Waals surface area (Å²) in [5.41, 5.74) is 0.629. The van der Waals surface area contributed by atoms with Crippen LogP contribution < -0.4 is 9.46 Å².